The third-order valence-corrected chi connectivity index (χ3v) is 3.04. The number of hydrogen-bond donors (Lipinski definition) is 1. The predicted octanol–water partition coefficient (Wildman–Crippen LogP) is 2.43. The Labute approximate surface area is 111 Å². The van der Waals surface area contributed by atoms with Crippen molar-refractivity contribution in [2.75, 3.05) is 19.8 Å². The lowest BCUT2D eigenvalue weighted by Crippen LogP contribution is -2.45. The van der Waals surface area contributed by atoms with Crippen molar-refractivity contribution in [2.24, 2.45) is 0 Å². The van der Waals surface area contributed by atoms with E-state index >= 15 is 0 Å². The molecule has 0 aliphatic carbocycles. The molecule has 0 radical (unpaired) electrons. The van der Waals surface area contributed by atoms with Crippen LogP contribution in [0.5, 0.6) is 0 Å². The summed E-state index contributed by atoms with van der Waals surface area (Å²) in [6.07, 6.45) is 0.481. The lowest BCUT2D eigenvalue weighted by Gasteiger charge is -2.29. The third-order valence-electron chi connectivity index (χ3n) is 3.04. The number of benzene rings is 1. The van der Waals surface area contributed by atoms with E-state index in [1.807, 2.05) is 30.3 Å². The quantitative estimate of drug-likeness (QED) is 0.911. The predicted molar refractivity (Wildman–Crippen MR) is 68.5 cm³/mol. The average Bonchev–Trinajstić information content (AvgIpc) is 2.45. The first-order valence-electron chi connectivity index (χ1n) is 6.39. The van der Waals surface area contributed by atoms with Gasteiger partial charge in [-0.3, -0.25) is 0 Å². The van der Waals surface area contributed by atoms with Gasteiger partial charge in [-0.1, -0.05) is 30.3 Å². The van der Waals surface area contributed by atoms with E-state index in [1.165, 1.54) is 0 Å². The van der Waals surface area contributed by atoms with E-state index < -0.39 is 11.8 Å². The van der Waals surface area contributed by atoms with E-state index in [0.717, 1.165) is 5.56 Å². The molecule has 0 spiro atoms. The molecule has 1 aliphatic heterocycles. The summed E-state index contributed by atoms with van der Waals surface area (Å²) in [7, 11) is 0. The Morgan fingerprint density at radius 1 is 1.42 bits per heavy atom. The van der Waals surface area contributed by atoms with Gasteiger partial charge in [0.2, 0.25) is 0 Å². The van der Waals surface area contributed by atoms with Crippen molar-refractivity contribution in [3.8, 4) is 0 Å². The van der Waals surface area contributed by atoms with Crippen LogP contribution in [-0.2, 0) is 16.1 Å². The van der Waals surface area contributed by atoms with Gasteiger partial charge in [-0.15, -0.1) is 0 Å². The van der Waals surface area contributed by atoms with Gasteiger partial charge in [-0.25, -0.2) is 9.18 Å². The van der Waals surface area contributed by atoms with E-state index in [9.17, 15) is 9.18 Å². The van der Waals surface area contributed by atoms with Crippen molar-refractivity contribution in [3.63, 3.8) is 0 Å². The maximum absolute atomic E-state index is 14.1. The zero-order chi connectivity index (χ0) is 13.6. The van der Waals surface area contributed by atoms with Crippen LogP contribution in [0.4, 0.5) is 9.18 Å². The Morgan fingerprint density at radius 2 is 2.21 bits per heavy atom. The molecule has 1 fully saturated rings. The minimum absolute atomic E-state index is 0.0337. The zero-order valence-corrected chi connectivity index (χ0v) is 10.7. The summed E-state index contributed by atoms with van der Waals surface area (Å²) in [6.45, 7) is 0.735. The van der Waals surface area contributed by atoms with Crippen LogP contribution >= 0.6 is 0 Å². The second-order valence-electron chi connectivity index (χ2n) is 4.72. The molecule has 1 heterocycles. The van der Waals surface area contributed by atoms with Crippen LogP contribution in [-0.4, -0.2) is 31.5 Å². The van der Waals surface area contributed by atoms with E-state index in [1.54, 1.807) is 0 Å². The highest BCUT2D eigenvalue weighted by atomic mass is 19.1. The molecule has 0 aromatic heterocycles. The summed E-state index contributed by atoms with van der Waals surface area (Å²) in [4.78, 5) is 11.5. The molecule has 2 rings (SSSR count). The highest BCUT2D eigenvalue weighted by molar-refractivity contribution is 5.67. The highest BCUT2D eigenvalue weighted by Crippen LogP contribution is 2.22. The van der Waals surface area contributed by atoms with Crippen molar-refractivity contribution in [3.05, 3.63) is 35.9 Å². The Morgan fingerprint density at radius 3 is 2.89 bits per heavy atom. The first kappa shape index (κ1) is 13.8. The van der Waals surface area contributed by atoms with Gasteiger partial charge in [0.1, 0.15) is 6.61 Å². The second kappa shape index (κ2) is 6.52. The van der Waals surface area contributed by atoms with Crippen LogP contribution in [0.2, 0.25) is 0 Å². The number of alkyl carbamates (subject to hydrolysis) is 1. The summed E-state index contributed by atoms with van der Waals surface area (Å²) in [5, 5.41) is 2.45. The molecule has 104 valence electrons. The largest absolute Gasteiger partial charge is 0.445 e. The van der Waals surface area contributed by atoms with Crippen molar-refractivity contribution >= 4 is 6.09 Å². The molecule has 0 bridgehead atoms. The number of hydrogen-bond acceptors (Lipinski definition) is 3. The number of alkyl halides is 1. The number of ether oxygens (including phenoxy) is 2. The molecule has 1 saturated heterocycles. The molecule has 1 atom stereocenters. The van der Waals surface area contributed by atoms with Gasteiger partial charge in [0, 0.05) is 6.61 Å². The molecule has 1 aliphatic rings. The van der Waals surface area contributed by atoms with Gasteiger partial charge >= 0.3 is 6.09 Å². The molecular formula is C14H18FNO3. The number of amides is 1. The Hall–Kier alpha value is -1.62. The minimum Gasteiger partial charge on any atom is -0.445 e. The summed E-state index contributed by atoms with van der Waals surface area (Å²) < 4.78 is 24.2. The molecule has 1 unspecified atom stereocenters. The van der Waals surface area contributed by atoms with Crippen LogP contribution in [0.15, 0.2) is 30.3 Å². The SMILES string of the molecule is O=C(NCC1(F)CCCOC1)OCc1ccccc1. The van der Waals surface area contributed by atoms with Crippen LogP contribution in [0, 0.1) is 0 Å². The standard InChI is InChI=1S/C14H18FNO3/c15-14(7-4-8-18-11-14)10-16-13(17)19-9-12-5-2-1-3-6-12/h1-3,5-6H,4,7-11H2,(H,16,17). The maximum atomic E-state index is 14.1. The van der Waals surface area contributed by atoms with Crippen LogP contribution in [0.1, 0.15) is 18.4 Å². The topological polar surface area (TPSA) is 47.6 Å². The highest BCUT2D eigenvalue weighted by Gasteiger charge is 2.33. The van der Waals surface area contributed by atoms with Crippen LogP contribution in [0.3, 0.4) is 0 Å². The van der Waals surface area contributed by atoms with Crippen molar-refractivity contribution in [1.82, 2.24) is 5.32 Å². The number of carbonyl (C=O) groups excluding carboxylic acids is 1. The van der Waals surface area contributed by atoms with Crippen molar-refractivity contribution < 1.29 is 18.7 Å². The number of nitrogens with one attached hydrogen (secondary N) is 1. The van der Waals surface area contributed by atoms with Crippen LogP contribution in [0.25, 0.3) is 0 Å². The Kier molecular flexibility index (Phi) is 4.74. The van der Waals surface area contributed by atoms with E-state index in [2.05, 4.69) is 5.32 Å². The number of halogens is 1. The first-order chi connectivity index (χ1) is 9.18. The summed E-state index contributed by atoms with van der Waals surface area (Å²) in [5.74, 6) is 0. The molecule has 1 aromatic rings. The first-order valence-corrected chi connectivity index (χ1v) is 6.39. The van der Waals surface area contributed by atoms with Gasteiger partial charge in [-0.2, -0.15) is 0 Å². The van der Waals surface area contributed by atoms with Crippen LogP contribution < -0.4 is 5.32 Å². The lowest BCUT2D eigenvalue weighted by atomic mass is 9.99. The fourth-order valence-corrected chi connectivity index (χ4v) is 1.96. The number of rotatable bonds is 4. The molecule has 4 nitrogen and oxygen atoms in total. The van der Waals surface area contributed by atoms with Crippen molar-refractivity contribution in [2.45, 2.75) is 25.1 Å². The molecule has 1 N–H and O–H groups in total. The smallest absolute Gasteiger partial charge is 0.407 e. The molecule has 0 saturated carbocycles. The fraction of sp³-hybridized carbons (Fsp3) is 0.500. The molecular weight excluding hydrogens is 249 g/mol. The van der Waals surface area contributed by atoms with Gasteiger partial charge in [0.15, 0.2) is 5.67 Å². The van der Waals surface area contributed by atoms with Gasteiger partial charge in [-0.05, 0) is 18.4 Å². The molecule has 19 heavy (non-hydrogen) atoms. The molecule has 1 aromatic carbocycles. The van der Waals surface area contributed by atoms with Crippen molar-refractivity contribution in [1.29, 1.82) is 0 Å². The third kappa shape index (κ3) is 4.52. The second-order valence-corrected chi connectivity index (χ2v) is 4.72. The summed E-state index contributed by atoms with van der Waals surface area (Å²) in [5.41, 5.74) is -0.571. The average molecular weight is 267 g/mol. The molecule has 5 heteroatoms. The lowest BCUT2D eigenvalue weighted by molar-refractivity contribution is -0.0300. The number of carbonyl (C=O) groups is 1. The van der Waals surface area contributed by atoms with E-state index in [-0.39, 0.29) is 19.8 Å². The fourth-order valence-electron chi connectivity index (χ4n) is 1.96. The molecule has 1 amide bonds. The van der Waals surface area contributed by atoms with Gasteiger partial charge in [0.25, 0.3) is 0 Å². The Balaban J connectivity index is 1.70. The minimum atomic E-state index is -1.47. The van der Waals surface area contributed by atoms with E-state index in [0.29, 0.717) is 19.4 Å². The van der Waals surface area contributed by atoms with E-state index in [4.69, 9.17) is 9.47 Å². The van der Waals surface area contributed by atoms with Gasteiger partial charge in [0.05, 0.1) is 13.2 Å². The van der Waals surface area contributed by atoms with Gasteiger partial charge < -0.3 is 14.8 Å². The Bertz CT molecular complexity index is 404. The maximum Gasteiger partial charge on any atom is 0.407 e. The monoisotopic (exact) mass is 267 g/mol. The summed E-state index contributed by atoms with van der Waals surface area (Å²) in [6, 6.07) is 9.34. The normalized spacial score (nSPS) is 22.8. The summed E-state index contributed by atoms with van der Waals surface area (Å²) >= 11 is 0. The zero-order valence-electron chi connectivity index (χ0n) is 10.7.